The topological polar surface area (TPSA) is 46.1 Å². The number of halogens is 1. The molecule has 1 N–H and O–H groups in total. The molecule has 3 aliphatic rings. The fraction of sp³-hybridized carbons (Fsp3) is 0.650. The Bertz CT molecular complexity index is 621. The molecule has 2 atom stereocenters. The van der Waals surface area contributed by atoms with Crippen LogP contribution < -0.4 is 5.32 Å². The summed E-state index contributed by atoms with van der Waals surface area (Å²) in [6, 6.07) is 10.7. The normalized spacial score (nSPS) is 27.1. The average molecular weight is 503 g/mol. The van der Waals surface area contributed by atoms with Gasteiger partial charge >= 0.3 is 0 Å². The van der Waals surface area contributed by atoms with Crippen molar-refractivity contribution in [3.63, 3.8) is 0 Å². The third-order valence-corrected chi connectivity index (χ3v) is 6.93. The highest BCUT2D eigenvalue weighted by molar-refractivity contribution is 14.0. The van der Waals surface area contributed by atoms with Crippen LogP contribution >= 0.6 is 35.7 Å². The summed E-state index contributed by atoms with van der Waals surface area (Å²) in [4.78, 5) is 8.22. The fourth-order valence-electron chi connectivity index (χ4n) is 3.75. The minimum atomic E-state index is 0. The van der Waals surface area contributed by atoms with Crippen LogP contribution in [0.3, 0.4) is 0 Å². The van der Waals surface area contributed by atoms with Gasteiger partial charge in [0.1, 0.15) is 6.10 Å². The van der Waals surface area contributed by atoms with E-state index < -0.39 is 0 Å². The molecule has 0 spiro atoms. The van der Waals surface area contributed by atoms with Crippen LogP contribution in [0.15, 0.2) is 40.2 Å². The molecule has 2 heterocycles. The molecule has 27 heavy (non-hydrogen) atoms. The highest BCUT2D eigenvalue weighted by atomic mass is 127. The van der Waals surface area contributed by atoms with E-state index in [1.165, 1.54) is 17.7 Å². The maximum Gasteiger partial charge on any atom is 0.193 e. The van der Waals surface area contributed by atoms with E-state index >= 15 is 0 Å². The highest BCUT2D eigenvalue weighted by Crippen LogP contribution is 2.51. The van der Waals surface area contributed by atoms with E-state index in [0.29, 0.717) is 4.75 Å². The van der Waals surface area contributed by atoms with E-state index in [0.717, 1.165) is 51.6 Å². The van der Waals surface area contributed by atoms with Crippen LogP contribution in [0.2, 0.25) is 0 Å². The van der Waals surface area contributed by atoms with Gasteiger partial charge in [-0.1, -0.05) is 18.2 Å². The third kappa shape index (κ3) is 5.52. The van der Waals surface area contributed by atoms with E-state index in [1.54, 1.807) is 0 Å². The second-order valence-electron chi connectivity index (χ2n) is 7.41. The van der Waals surface area contributed by atoms with Gasteiger partial charge in [0, 0.05) is 42.9 Å². The number of ether oxygens (including phenoxy) is 2. The van der Waals surface area contributed by atoms with Gasteiger partial charge in [0.15, 0.2) is 5.96 Å². The molecule has 1 aromatic carbocycles. The Balaban J connectivity index is 0.00000210. The van der Waals surface area contributed by atoms with Crippen molar-refractivity contribution in [2.24, 2.45) is 4.99 Å². The number of hydrogen-bond acceptors (Lipinski definition) is 4. The molecule has 2 unspecified atom stereocenters. The molecule has 2 saturated heterocycles. The van der Waals surface area contributed by atoms with Crippen molar-refractivity contribution in [3.8, 4) is 0 Å². The van der Waals surface area contributed by atoms with Crippen molar-refractivity contribution >= 4 is 41.7 Å². The zero-order chi connectivity index (χ0) is 17.8. The largest absolute Gasteiger partial charge is 0.375 e. The van der Waals surface area contributed by atoms with Gasteiger partial charge < -0.3 is 19.7 Å². The van der Waals surface area contributed by atoms with Crippen LogP contribution in [0.5, 0.6) is 0 Å². The quantitative estimate of drug-likeness (QED) is 0.379. The van der Waals surface area contributed by atoms with Gasteiger partial charge in [-0.25, -0.2) is 0 Å². The number of morpholine rings is 1. The van der Waals surface area contributed by atoms with Crippen LogP contribution in [0.4, 0.5) is 0 Å². The third-order valence-electron chi connectivity index (χ3n) is 5.44. The summed E-state index contributed by atoms with van der Waals surface area (Å²) in [7, 11) is 1.88. The second kappa shape index (κ2) is 9.80. The van der Waals surface area contributed by atoms with Crippen molar-refractivity contribution in [2.45, 2.75) is 47.5 Å². The van der Waals surface area contributed by atoms with Crippen LogP contribution in [0.1, 0.15) is 25.7 Å². The van der Waals surface area contributed by atoms with Crippen LogP contribution in [-0.2, 0) is 9.47 Å². The highest BCUT2D eigenvalue weighted by Gasteiger charge is 2.44. The molecular formula is C20H30IN3O2S. The van der Waals surface area contributed by atoms with Crippen molar-refractivity contribution in [1.29, 1.82) is 0 Å². The predicted molar refractivity (Wildman–Crippen MR) is 121 cm³/mol. The second-order valence-corrected chi connectivity index (χ2v) is 8.95. The first-order valence-electron chi connectivity index (χ1n) is 9.71. The monoisotopic (exact) mass is 503 g/mol. The smallest absolute Gasteiger partial charge is 0.193 e. The van der Waals surface area contributed by atoms with Gasteiger partial charge in [0.05, 0.1) is 12.7 Å². The molecule has 1 saturated carbocycles. The minimum Gasteiger partial charge on any atom is -0.375 e. The molecule has 1 aliphatic carbocycles. The lowest BCUT2D eigenvalue weighted by Gasteiger charge is -2.37. The molecule has 150 valence electrons. The van der Waals surface area contributed by atoms with Gasteiger partial charge in [0.25, 0.3) is 0 Å². The number of hydrogen-bond donors (Lipinski definition) is 1. The van der Waals surface area contributed by atoms with E-state index in [4.69, 9.17) is 9.47 Å². The van der Waals surface area contributed by atoms with Gasteiger partial charge in [-0.15, -0.1) is 35.7 Å². The van der Waals surface area contributed by atoms with Crippen molar-refractivity contribution in [1.82, 2.24) is 10.2 Å². The Morgan fingerprint density at radius 3 is 2.67 bits per heavy atom. The summed E-state index contributed by atoms with van der Waals surface area (Å²) in [6.45, 7) is 4.33. The fourth-order valence-corrected chi connectivity index (χ4v) is 5.00. The first-order chi connectivity index (χ1) is 12.8. The number of thioether (sulfide) groups is 1. The number of guanidine groups is 1. The maximum atomic E-state index is 5.97. The van der Waals surface area contributed by atoms with E-state index in [9.17, 15) is 0 Å². The van der Waals surface area contributed by atoms with Gasteiger partial charge in [-0.05, 0) is 37.8 Å². The maximum absolute atomic E-state index is 5.97. The summed E-state index contributed by atoms with van der Waals surface area (Å²) in [5.41, 5.74) is 0. The molecule has 0 bridgehead atoms. The van der Waals surface area contributed by atoms with E-state index in [2.05, 4.69) is 45.5 Å². The molecule has 7 heteroatoms. The first-order valence-corrected chi connectivity index (χ1v) is 10.5. The summed E-state index contributed by atoms with van der Waals surface area (Å²) in [6.07, 6.45) is 5.20. The van der Waals surface area contributed by atoms with E-state index in [-0.39, 0.29) is 36.2 Å². The molecule has 3 fully saturated rings. The summed E-state index contributed by atoms with van der Waals surface area (Å²) < 4.78 is 12.1. The summed E-state index contributed by atoms with van der Waals surface area (Å²) >= 11 is 2.00. The van der Waals surface area contributed by atoms with Gasteiger partial charge in [-0.2, -0.15) is 0 Å². The van der Waals surface area contributed by atoms with Crippen LogP contribution in [-0.4, -0.2) is 67.7 Å². The van der Waals surface area contributed by atoms with Crippen LogP contribution in [0.25, 0.3) is 0 Å². The lowest BCUT2D eigenvalue weighted by molar-refractivity contribution is -0.0816. The van der Waals surface area contributed by atoms with E-state index in [1.807, 2.05) is 18.8 Å². The molecule has 0 radical (unpaired) electrons. The molecule has 4 rings (SSSR count). The number of aliphatic imine (C=N–C) groups is 1. The first kappa shape index (κ1) is 21.2. The average Bonchev–Trinajstić information content (AvgIpc) is 3.21. The summed E-state index contributed by atoms with van der Waals surface area (Å²) in [5.74, 6) is 0.997. The molecule has 1 aromatic rings. The lowest BCUT2D eigenvalue weighted by Crippen LogP contribution is -2.54. The Kier molecular flexibility index (Phi) is 7.70. The Morgan fingerprint density at radius 2 is 2.00 bits per heavy atom. The molecule has 0 amide bonds. The predicted octanol–water partition coefficient (Wildman–Crippen LogP) is 3.38. The number of nitrogens with one attached hydrogen (secondary N) is 1. The number of nitrogens with zero attached hydrogens (tertiary/aromatic N) is 2. The van der Waals surface area contributed by atoms with Crippen LogP contribution in [0, 0.1) is 0 Å². The molecule has 5 nitrogen and oxygen atoms in total. The van der Waals surface area contributed by atoms with Crippen molar-refractivity contribution < 1.29 is 9.47 Å². The number of benzene rings is 1. The minimum absolute atomic E-state index is 0. The Labute approximate surface area is 183 Å². The zero-order valence-corrected chi connectivity index (χ0v) is 19.1. The number of rotatable bonds is 5. The molecule has 2 aliphatic heterocycles. The Morgan fingerprint density at radius 1 is 1.22 bits per heavy atom. The molecule has 0 aromatic heterocycles. The van der Waals surface area contributed by atoms with Crippen molar-refractivity contribution in [3.05, 3.63) is 30.3 Å². The zero-order valence-electron chi connectivity index (χ0n) is 15.9. The standard InChI is InChI=1S/C20H29N3O2S.HI/c1-21-19(23-11-13-25-18(14-23)17-8-5-12-24-17)22-15-20(9-10-20)26-16-6-3-2-4-7-16;/h2-4,6-7,17-18H,5,8-15H2,1H3,(H,21,22);1H. The van der Waals surface area contributed by atoms with Crippen molar-refractivity contribution in [2.75, 3.05) is 39.9 Å². The summed E-state index contributed by atoms with van der Waals surface area (Å²) in [5, 5.41) is 3.63. The van der Waals surface area contributed by atoms with Gasteiger partial charge in [-0.3, -0.25) is 4.99 Å². The Hall–Kier alpha value is -0.510. The SMILES string of the molecule is CN=C(NCC1(Sc2ccccc2)CC1)N1CCOC(C2CCCO2)C1.I. The van der Waals surface area contributed by atoms with Gasteiger partial charge in [0.2, 0.25) is 0 Å². The molecular weight excluding hydrogens is 473 g/mol. The lowest BCUT2D eigenvalue weighted by atomic mass is 10.1.